The van der Waals surface area contributed by atoms with Crippen LogP contribution >= 0.6 is 0 Å². The van der Waals surface area contributed by atoms with Crippen molar-refractivity contribution in [2.45, 2.75) is 20.8 Å². The van der Waals surface area contributed by atoms with Crippen LogP contribution in [0.3, 0.4) is 0 Å². The molecule has 0 saturated heterocycles. The van der Waals surface area contributed by atoms with Crippen LogP contribution in [0.5, 0.6) is 0 Å². The predicted molar refractivity (Wildman–Crippen MR) is 96.1 cm³/mol. The number of carboxylic acids is 1. The van der Waals surface area contributed by atoms with E-state index in [1.54, 1.807) is 19.1 Å². The van der Waals surface area contributed by atoms with Crippen LogP contribution in [0.1, 0.15) is 27.0 Å². The number of carbonyl (C=O) groups is 1. The van der Waals surface area contributed by atoms with Crippen LogP contribution in [0.2, 0.25) is 0 Å². The third-order valence-electron chi connectivity index (χ3n) is 4.45. The van der Waals surface area contributed by atoms with Gasteiger partial charge >= 0.3 is 5.97 Å². The molecule has 6 nitrogen and oxygen atoms in total. The van der Waals surface area contributed by atoms with Crippen LogP contribution in [0.25, 0.3) is 34.0 Å². The van der Waals surface area contributed by atoms with Gasteiger partial charge in [0.05, 0.1) is 5.56 Å². The van der Waals surface area contributed by atoms with Gasteiger partial charge in [0, 0.05) is 10.9 Å². The Labute approximate surface area is 149 Å². The molecule has 4 rings (SSSR count). The molecule has 6 heteroatoms. The van der Waals surface area contributed by atoms with Gasteiger partial charge in [0.25, 0.3) is 5.89 Å². The summed E-state index contributed by atoms with van der Waals surface area (Å²) in [4.78, 5) is 15.5. The third-order valence-corrected chi connectivity index (χ3v) is 4.45. The molecule has 1 N–H and O–H groups in total. The van der Waals surface area contributed by atoms with Gasteiger partial charge in [-0.05, 0) is 55.7 Å². The molecule has 0 aliphatic carbocycles. The lowest BCUT2D eigenvalue weighted by Crippen LogP contribution is -1.99. The molecular formula is C20H16N2O4. The average molecular weight is 348 g/mol. The van der Waals surface area contributed by atoms with Crippen LogP contribution in [-0.2, 0) is 0 Å². The Morgan fingerprint density at radius 2 is 1.77 bits per heavy atom. The van der Waals surface area contributed by atoms with Crippen molar-refractivity contribution in [1.82, 2.24) is 10.1 Å². The number of aromatic nitrogens is 2. The largest absolute Gasteiger partial charge is 0.478 e. The Hall–Kier alpha value is -3.41. The van der Waals surface area contributed by atoms with Gasteiger partial charge in [-0.1, -0.05) is 23.4 Å². The van der Waals surface area contributed by atoms with E-state index in [1.807, 2.05) is 32.0 Å². The number of fused-ring (bicyclic) bond motifs is 1. The maximum absolute atomic E-state index is 11.1. The first-order valence-corrected chi connectivity index (χ1v) is 8.12. The van der Waals surface area contributed by atoms with E-state index in [0.29, 0.717) is 22.7 Å². The Balaban J connectivity index is 1.75. The van der Waals surface area contributed by atoms with E-state index in [9.17, 15) is 4.79 Å². The van der Waals surface area contributed by atoms with E-state index in [0.717, 1.165) is 22.1 Å². The minimum absolute atomic E-state index is 0.251. The summed E-state index contributed by atoms with van der Waals surface area (Å²) in [6, 6.07) is 10.9. The topological polar surface area (TPSA) is 89.4 Å². The first-order chi connectivity index (χ1) is 12.4. The number of aryl methyl sites for hydroxylation is 3. The summed E-state index contributed by atoms with van der Waals surface area (Å²) in [6.07, 6.45) is 0. The summed E-state index contributed by atoms with van der Waals surface area (Å²) >= 11 is 0. The van der Waals surface area contributed by atoms with Crippen LogP contribution in [0.4, 0.5) is 0 Å². The summed E-state index contributed by atoms with van der Waals surface area (Å²) < 4.78 is 11.3. The van der Waals surface area contributed by atoms with Crippen LogP contribution in [0.15, 0.2) is 45.3 Å². The molecule has 0 aliphatic rings. The molecule has 2 heterocycles. The molecule has 0 fully saturated rings. The minimum Gasteiger partial charge on any atom is -0.478 e. The average Bonchev–Trinajstić information content (AvgIpc) is 3.25. The third kappa shape index (κ3) is 2.56. The Kier molecular flexibility index (Phi) is 3.61. The normalized spacial score (nSPS) is 11.2. The van der Waals surface area contributed by atoms with Gasteiger partial charge in [-0.2, -0.15) is 4.98 Å². The van der Waals surface area contributed by atoms with Gasteiger partial charge in [0.15, 0.2) is 5.76 Å². The highest BCUT2D eigenvalue weighted by molar-refractivity contribution is 5.90. The molecule has 130 valence electrons. The minimum atomic E-state index is -0.962. The maximum atomic E-state index is 11.1. The van der Waals surface area contributed by atoms with Gasteiger partial charge in [0.2, 0.25) is 5.82 Å². The molecule has 0 atom stereocenters. The number of carboxylic acid groups (broad SMARTS) is 1. The van der Waals surface area contributed by atoms with Crippen molar-refractivity contribution in [3.8, 4) is 23.0 Å². The second kappa shape index (κ2) is 5.84. The Morgan fingerprint density at radius 1 is 1.00 bits per heavy atom. The van der Waals surface area contributed by atoms with Gasteiger partial charge in [0.1, 0.15) is 5.58 Å². The second-order valence-electron chi connectivity index (χ2n) is 6.31. The van der Waals surface area contributed by atoms with Crippen LogP contribution in [-0.4, -0.2) is 21.2 Å². The van der Waals surface area contributed by atoms with Gasteiger partial charge in [-0.25, -0.2) is 4.79 Å². The van der Waals surface area contributed by atoms with Gasteiger partial charge in [-0.15, -0.1) is 0 Å². The van der Waals surface area contributed by atoms with Crippen molar-refractivity contribution in [3.63, 3.8) is 0 Å². The smallest absolute Gasteiger partial charge is 0.335 e. The summed E-state index contributed by atoms with van der Waals surface area (Å²) in [5, 5.41) is 14.1. The maximum Gasteiger partial charge on any atom is 0.335 e. The fraction of sp³-hybridized carbons (Fsp3) is 0.150. The highest BCUT2D eigenvalue weighted by Gasteiger charge is 2.17. The molecule has 0 bridgehead atoms. The Bertz CT molecular complexity index is 1120. The zero-order chi connectivity index (χ0) is 18.4. The second-order valence-corrected chi connectivity index (χ2v) is 6.31. The van der Waals surface area contributed by atoms with E-state index in [-0.39, 0.29) is 11.5 Å². The van der Waals surface area contributed by atoms with Crippen molar-refractivity contribution < 1.29 is 18.8 Å². The summed E-state index contributed by atoms with van der Waals surface area (Å²) in [5.41, 5.74) is 4.53. The summed E-state index contributed by atoms with van der Waals surface area (Å²) in [7, 11) is 0. The summed E-state index contributed by atoms with van der Waals surface area (Å²) in [6.45, 7) is 5.74. The Morgan fingerprint density at radius 3 is 2.46 bits per heavy atom. The molecule has 0 unspecified atom stereocenters. The zero-order valence-electron chi connectivity index (χ0n) is 14.5. The number of aromatic carboxylic acids is 1. The summed E-state index contributed by atoms with van der Waals surface area (Å²) in [5.74, 6) is 0.217. The quantitative estimate of drug-likeness (QED) is 0.573. The molecular weight excluding hydrogens is 332 g/mol. The van der Waals surface area contributed by atoms with Crippen molar-refractivity contribution in [2.75, 3.05) is 0 Å². The van der Waals surface area contributed by atoms with Crippen molar-refractivity contribution >= 4 is 16.9 Å². The molecule has 0 spiro atoms. The van der Waals surface area contributed by atoms with Gasteiger partial charge < -0.3 is 14.0 Å². The van der Waals surface area contributed by atoms with E-state index in [4.69, 9.17) is 14.0 Å². The van der Waals surface area contributed by atoms with E-state index in [1.165, 1.54) is 6.07 Å². The fourth-order valence-corrected chi connectivity index (χ4v) is 2.98. The number of hydrogen-bond acceptors (Lipinski definition) is 5. The van der Waals surface area contributed by atoms with E-state index < -0.39 is 5.97 Å². The van der Waals surface area contributed by atoms with Gasteiger partial charge in [-0.3, -0.25) is 0 Å². The molecule has 2 aromatic carbocycles. The zero-order valence-corrected chi connectivity index (χ0v) is 14.5. The van der Waals surface area contributed by atoms with Crippen LogP contribution in [0, 0.1) is 20.8 Å². The van der Waals surface area contributed by atoms with E-state index >= 15 is 0 Å². The molecule has 0 radical (unpaired) electrons. The predicted octanol–water partition coefficient (Wildman–Crippen LogP) is 4.77. The van der Waals surface area contributed by atoms with Crippen molar-refractivity contribution in [3.05, 3.63) is 58.7 Å². The van der Waals surface area contributed by atoms with Crippen molar-refractivity contribution in [2.24, 2.45) is 0 Å². The lowest BCUT2D eigenvalue weighted by atomic mass is 10.1. The first kappa shape index (κ1) is 16.1. The number of nitrogens with zero attached hydrogens (tertiary/aromatic N) is 2. The number of benzene rings is 2. The monoisotopic (exact) mass is 348 g/mol. The number of furan rings is 1. The van der Waals surface area contributed by atoms with Crippen LogP contribution < -0.4 is 0 Å². The number of hydrogen-bond donors (Lipinski definition) is 1. The highest BCUT2D eigenvalue weighted by atomic mass is 16.5. The van der Waals surface area contributed by atoms with E-state index in [2.05, 4.69) is 10.1 Å². The van der Waals surface area contributed by atoms with Crippen molar-refractivity contribution in [1.29, 1.82) is 0 Å². The molecule has 4 aromatic rings. The lowest BCUT2D eigenvalue weighted by Gasteiger charge is -2.01. The molecule has 0 saturated carbocycles. The molecule has 26 heavy (non-hydrogen) atoms. The first-order valence-electron chi connectivity index (χ1n) is 8.12. The standard InChI is InChI=1S/C20H16N2O4/c1-10-4-5-11(2)17-15(10)9-16(25-17)19-21-18(22-26-19)13-6-7-14(20(23)24)12(3)8-13/h4-9H,1-3H3,(H,23,24). The fourth-order valence-electron chi connectivity index (χ4n) is 2.98. The highest BCUT2D eigenvalue weighted by Crippen LogP contribution is 2.32. The SMILES string of the molecule is Cc1cc(-c2noc(-c3cc4c(C)ccc(C)c4o3)n2)ccc1C(=O)O. The molecule has 0 amide bonds. The number of rotatable bonds is 3. The lowest BCUT2D eigenvalue weighted by molar-refractivity contribution is 0.0696. The molecule has 2 aromatic heterocycles. The molecule has 0 aliphatic heterocycles.